The molecule has 0 saturated heterocycles. The molecule has 1 aromatic carbocycles. The van der Waals surface area contributed by atoms with Crippen LogP contribution in [0.3, 0.4) is 0 Å². The Morgan fingerprint density at radius 1 is 1.19 bits per heavy atom. The highest BCUT2D eigenvalue weighted by molar-refractivity contribution is 7.12. The number of hydrogen-bond acceptors (Lipinski definition) is 9. The van der Waals surface area contributed by atoms with Gasteiger partial charge in [-0.15, -0.1) is 11.3 Å². The summed E-state index contributed by atoms with van der Waals surface area (Å²) in [6.07, 6.45) is 0. The van der Waals surface area contributed by atoms with Gasteiger partial charge in [-0.2, -0.15) is 0 Å². The number of thiazole rings is 1. The number of Topliss-reactive ketones (excluding diaryl/α,β-unsaturated/α-hetero) is 1. The van der Waals surface area contributed by atoms with Gasteiger partial charge in [-0.05, 0) is 26.8 Å². The smallest absolute Gasteiger partial charge is 0.345 e. The molecule has 2 aromatic heterocycles. The van der Waals surface area contributed by atoms with Gasteiger partial charge < -0.3 is 14.2 Å². The molecule has 0 saturated carbocycles. The first-order valence-electron chi connectivity index (χ1n) is 9.16. The van der Waals surface area contributed by atoms with Crippen LogP contribution in [0, 0.1) is 30.9 Å². The Hall–Kier alpha value is -3.73. The number of aromatic nitrogens is 2. The number of fused-ring (bicyclic) bond motifs is 1. The van der Waals surface area contributed by atoms with Crippen LogP contribution in [-0.4, -0.2) is 39.6 Å². The van der Waals surface area contributed by atoms with Crippen LogP contribution >= 0.6 is 11.3 Å². The largest absolute Gasteiger partial charge is 0.454 e. The molecule has 0 spiro atoms. The maximum atomic E-state index is 12.7. The minimum Gasteiger partial charge on any atom is -0.454 e. The predicted molar refractivity (Wildman–Crippen MR) is 109 cm³/mol. The van der Waals surface area contributed by atoms with E-state index in [1.165, 1.54) is 17.4 Å². The Morgan fingerprint density at radius 3 is 2.55 bits per heavy atom. The normalized spacial score (nSPS) is 12.1. The molecule has 3 heterocycles. The number of aryl methyl sites for hydroxylation is 2. The number of carbonyl (C=O) groups excluding carboxylic acids is 2. The highest BCUT2D eigenvalue weighted by atomic mass is 32.1. The Morgan fingerprint density at radius 2 is 1.90 bits per heavy atom. The second kappa shape index (κ2) is 7.84. The molecular weight excluding hydrogens is 426 g/mol. The van der Waals surface area contributed by atoms with Crippen LogP contribution in [-0.2, 0) is 4.74 Å². The standard InChI is InChI=1S/C20H17N3O7S/c1-10-8-31-20(21-10)22-11(2)4-13(12(22)3)16(24)7-28-19(25)14-5-17-18(30-9-29-17)6-15(14)23(26)27/h4-6,8H,7,9H2,1-3H3. The summed E-state index contributed by atoms with van der Waals surface area (Å²) in [5.74, 6) is -1.05. The second-order valence-corrected chi connectivity index (χ2v) is 7.71. The quantitative estimate of drug-likeness (QED) is 0.245. The first kappa shape index (κ1) is 20.5. The van der Waals surface area contributed by atoms with E-state index in [9.17, 15) is 19.7 Å². The molecule has 1 aliphatic rings. The molecule has 31 heavy (non-hydrogen) atoms. The van der Waals surface area contributed by atoms with Crippen LogP contribution in [0.1, 0.15) is 37.8 Å². The van der Waals surface area contributed by atoms with Gasteiger partial charge in [0.25, 0.3) is 5.69 Å². The molecule has 10 nitrogen and oxygen atoms in total. The lowest BCUT2D eigenvalue weighted by molar-refractivity contribution is -0.385. The Kier molecular flexibility index (Phi) is 5.19. The molecule has 0 fully saturated rings. The molecule has 11 heteroatoms. The SMILES string of the molecule is Cc1csc(-n2c(C)cc(C(=O)COC(=O)c3cc4c(cc3[N+](=O)[O-])OCO4)c2C)n1. The number of ketones is 1. The van der Waals surface area contributed by atoms with Gasteiger partial charge in [-0.25, -0.2) is 9.78 Å². The number of hydrogen-bond donors (Lipinski definition) is 0. The van der Waals surface area contributed by atoms with Crippen LogP contribution in [0.2, 0.25) is 0 Å². The molecule has 0 N–H and O–H groups in total. The summed E-state index contributed by atoms with van der Waals surface area (Å²) in [6.45, 7) is 4.85. The lowest BCUT2D eigenvalue weighted by Gasteiger charge is -2.07. The molecular formula is C20H17N3O7S. The van der Waals surface area contributed by atoms with Crippen molar-refractivity contribution in [2.45, 2.75) is 20.8 Å². The molecule has 3 aromatic rings. The zero-order valence-electron chi connectivity index (χ0n) is 16.8. The van der Waals surface area contributed by atoms with Crippen LogP contribution in [0.5, 0.6) is 11.5 Å². The third-order valence-electron chi connectivity index (χ3n) is 4.77. The molecule has 0 unspecified atom stereocenters. The molecule has 1 aliphatic heterocycles. The fourth-order valence-electron chi connectivity index (χ4n) is 3.32. The molecule has 0 amide bonds. The van der Waals surface area contributed by atoms with E-state index in [1.807, 2.05) is 23.8 Å². The predicted octanol–water partition coefficient (Wildman–Crippen LogP) is 3.54. The number of ether oxygens (including phenoxy) is 3. The van der Waals surface area contributed by atoms with Crippen molar-refractivity contribution in [1.29, 1.82) is 0 Å². The van der Waals surface area contributed by atoms with Gasteiger partial charge >= 0.3 is 5.97 Å². The first-order valence-corrected chi connectivity index (χ1v) is 10.0. The third kappa shape index (κ3) is 3.75. The van der Waals surface area contributed by atoms with Crippen molar-refractivity contribution in [3.8, 4) is 16.6 Å². The summed E-state index contributed by atoms with van der Waals surface area (Å²) in [6, 6.07) is 3.99. The Balaban J connectivity index is 1.54. The number of nitro benzene ring substituents is 1. The monoisotopic (exact) mass is 443 g/mol. The molecule has 0 bridgehead atoms. The zero-order valence-corrected chi connectivity index (χ0v) is 17.6. The summed E-state index contributed by atoms with van der Waals surface area (Å²) in [5.41, 5.74) is 1.94. The second-order valence-electron chi connectivity index (χ2n) is 6.87. The minimum atomic E-state index is -0.997. The fourth-order valence-corrected chi connectivity index (χ4v) is 4.23. The van der Waals surface area contributed by atoms with E-state index in [-0.39, 0.29) is 23.9 Å². The maximum absolute atomic E-state index is 12.7. The number of nitrogens with zero attached hydrogens (tertiary/aromatic N) is 3. The number of rotatable bonds is 6. The van der Waals surface area contributed by atoms with Crippen molar-refractivity contribution in [3.05, 3.63) is 61.9 Å². The van der Waals surface area contributed by atoms with Gasteiger partial charge in [0, 0.05) is 28.4 Å². The van der Waals surface area contributed by atoms with E-state index >= 15 is 0 Å². The van der Waals surface area contributed by atoms with Crippen LogP contribution in [0.25, 0.3) is 5.13 Å². The molecule has 4 rings (SSSR count). The van der Waals surface area contributed by atoms with E-state index in [1.54, 1.807) is 13.0 Å². The number of esters is 1. The molecule has 160 valence electrons. The molecule has 0 aliphatic carbocycles. The average Bonchev–Trinajstić information content (AvgIpc) is 3.43. The van der Waals surface area contributed by atoms with Crippen molar-refractivity contribution >= 4 is 28.8 Å². The van der Waals surface area contributed by atoms with Gasteiger partial charge in [-0.1, -0.05) is 0 Å². The number of benzene rings is 1. The van der Waals surface area contributed by atoms with Crippen LogP contribution in [0.15, 0.2) is 23.6 Å². The highest BCUT2D eigenvalue weighted by Crippen LogP contribution is 2.38. The van der Waals surface area contributed by atoms with Gasteiger partial charge in [0.1, 0.15) is 5.56 Å². The number of carbonyl (C=O) groups is 2. The van der Waals surface area contributed by atoms with E-state index in [0.29, 0.717) is 11.3 Å². The van der Waals surface area contributed by atoms with Crippen LogP contribution < -0.4 is 9.47 Å². The van der Waals surface area contributed by atoms with E-state index < -0.39 is 29.0 Å². The Bertz CT molecular complexity index is 1230. The first-order chi connectivity index (χ1) is 14.8. The number of nitro groups is 1. The summed E-state index contributed by atoms with van der Waals surface area (Å²) in [7, 11) is 0. The van der Waals surface area contributed by atoms with Crippen molar-refractivity contribution in [3.63, 3.8) is 0 Å². The van der Waals surface area contributed by atoms with Crippen LogP contribution in [0.4, 0.5) is 5.69 Å². The van der Waals surface area contributed by atoms with Gasteiger partial charge in [-0.3, -0.25) is 19.5 Å². The summed E-state index contributed by atoms with van der Waals surface area (Å²) in [5, 5.41) is 14.0. The molecule has 0 radical (unpaired) electrons. The fraction of sp³-hybridized carbons (Fsp3) is 0.250. The average molecular weight is 443 g/mol. The van der Waals surface area contributed by atoms with Crippen molar-refractivity contribution in [2.24, 2.45) is 0 Å². The summed E-state index contributed by atoms with van der Waals surface area (Å²) < 4.78 is 17.2. The minimum absolute atomic E-state index is 0.0995. The Labute approximate surface area is 180 Å². The third-order valence-corrected chi connectivity index (χ3v) is 5.72. The van der Waals surface area contributed by atoms with Crippen molar-refractivity contribution in [1.82, 2.24) is 9.55 Å². The maximum Gasteiger partial charge on any atom is 0.345 e. The van der Waals surface area contributed by atoms with Gasteiger partial charge in [0.05, 0.1) is 16.7 Å². The lowest BCUT2D eigenvalue weighted by Crippen LogP contribution is -2.16. The van der Waals surface area contributed by atoms with Crippen molar-refractivity contribution in [2.75, 3.05) is 13.4 Å². The zero-order chi connectivity index (χ0) is 22.3. The van der Waals surface area contributed by atoms with Gasteiger partial charge in [0.2, 0.25) is 12.6 Å². The summed E-state index contributed by atoms with van der Waals surface area (Å²) in [4.78, 5) is 40.3. The molecule has 0 atom stereocenters. The van der Waals surface area contributed by atoms with E-state index in [4.69, 9.17) is 14.2 Å². The van der Waals surface area contributed by atoms with Gasteiger partial charge in [0.15, 0.2) is 23.2 Å². The summed E-state index contributed by atoms with van der Waals surface area (Å²) >= 11 is 1.45. The van der Waals surface area contributed by atoms with E-state index in [2.05, 4.69) is 4.98 Å². The topological polar surface area (TPSA) is 123 Å². The van der Waals surface area contributed by atoms with Crippen molar-refractivity contribution < 1.29 is 28.7 Å². The van der Waals surface area contributed by atoms with E-state index in [0.717, 1.165) is 22.6 Å². The lowest BCUT2D eigenvalue weighted by atomic mass is 10.1. The highest BCUT2D eigenvalue weighted by Gasteiger charge is 2.29.